The monoisotopic (exact) mass is 255 g/mol. The van der Waals surface area contributed by atoms with Crippen molar-refractivity contribution in [3.05, 3.63) is 41.1 Å². The van der Waals surface area contributed by atoms with Crippen molar-refractivity contribution < 1.29 is 0 Å². The molecule has 0 radical (unpaired) electrons. The smallest absolute Gasteiger partial charge is 0.102 e. The molecular formula is C14H13N3S. The summed E-state index contributed by atoms with van der Waals surface area (Å²) in [5, 5.41) is 9.30. The van der Waals surface area contributed by atoms with Crippen molar-refractivity contribution in [2.45, 2.75) is 18.7 Å². The van der Waals surface area contributed by atoms with E-state index >= 15 is 0 Å². The standard InChI is InChI=1S/C14H13N3S/c1-8-11(7-15)13(17-9(2)14(8)18)10-5-3-4-6-12(10)16/h3-6,18H,16H2,1-2H3. The second kappa shape index (κ2) is 4.71. The zero-order valence-corrected chi connectivity index (χ0v) is 11.1. The van der Waals surface area contributed by atoms with Crippen molar-refractivity contribution in [1.82, 2.24) is 4.98 Å². The van der Waals surface area contributed by atoms with Crippen molar-refractivity contribution in [2.75, 3.05) is 5.73 Å². The number of hydrogen-bond acceptors (Lipinski definition) is 4. The van der Waals surface area contributed by atoms with Gasteiger partial charge in [0.15, 0.2) is 0 Å². The third-order valence-electron chi connectivity index (χ3n) is 2.92. The number of nitrogen functional groups attached to an aromatic ring is 1. The number of aromatic nitrogens is 1. The summed E-state index contributed by atoms with van der Waals surface area (Å²) in [6, 6.07) is 9.61. The fraction of sp³-hybridized carbons (Fsp3) is 0.143. The zero-order valence-electron chi connectivity index (χ0n) is 10.2. The van der Waals surface area contributed by atoms with Gasteiger partial charge in [-0.3, -0.25) is 4.98 Å². The van der Waals surface area contributed by atoms with Crippen LogP contribution in [0.4, 0.5) is 5.69 Å². The van der Waals surface area contributed by atoms with Crippen molar-refractivity contribution >= 4 is 18.3 Å². The lowest BCUT2D eigenvalue weighted by atomic mass is 10.0. The molecule has 0 spiro atoms. The number of anilines is 1. The molecule has 2 aromatic rings. The molecule has 1 heterocycles. The summed E-state index contributed by atoms with van der Waals surface area (Å²) in [6.07, 6.45) is 0. The number of thiol groups is 1. The van der Waals surface area contributed by atoms with Crippen LogP contribution in [0.15, 0.2) is 29.2 Å². The Labute approximate surface area is 112 Å². The van der Waals surface area contributed by atoms with Crippen LogP contribution in [0.25, 0.3) is 11.3 Å². The van der Waals surface area contributed by atoms with Crippen LogP contribution in [-0.2, 0) is 0 Å². The van der Waals surface area contributed by atoms with Crippen molar-refractivity contribution in [3.8, 4) is 17.3 Å². The molecule has 0 aliphatic carbocycles. The summed E-state index contributed by atoms with van der Waals surface area (Å²) in [5.74, 6) is 0. The Morgan fingerprint density at radius 1 is 1.28 bits per heavy atom. The highest BCUT2D eigenvalue weighted by molar-refractivity contribution is 7.80. The van der Waals surface area contributed by atoms with Crippen LogP contribution >= 0.6 is 12.6 Å². The van der Waals surface area contributed by atoms with E-state index in [1.807, 2.05) is 32.0 Å². The largest absolute Gasteiger partial charge is 0.398 e. The van der Waals surface area contributed by atoms with Gasteiger partial charge in [0.05, 0.1) is 17.0 Å². The second-order valence-corrected chi connectivity index (χ2v) is 4.54. The number of para-hydroxylation sites is 1. The van der Waals surface area contributed by atoms with Gasteiger partial charge < -0.3 is 5.73 Å². The zero-order chi connectivity index (χ0) is 13.3. The molecule has 18 heavy (non-hydrogen) atoms. The average Bonchev–Trinajstić information content (AvgIpc) is 2.36. The van der Waals surface area contributed by atoms with Gasteiger partial charge >= 0.3 is 0 Å². The first-order valence-corrected chi connectivity index (χ1v) is 5.96. The molecule has 3 nitrogen and oxygen atoms in total. The molecule has 0 amide bonds. The highest BCUT2D eigenvalue weighted by atomic mass is 32.1. The van der Waals surface area contributed by atoms with Gasteiger partial charge in [-0.05, 0) is 25.5 Å². The number of pyridine rings is 1. The molecule has 0 atom stereocenters. The number of hydrogen-bond donors (Lipinski definition) is 2. The lowest BCUT2D eigenvalue weighted by Gasteiger charge is -2.12. The Morgan fingerprint density at radius 2 is 1.94 bits per heavy atom. The van der Waals surface area contributed by atoms with Crippen LogP contribution in [0.2, 0.25) is 0 Å². The third kappa shape index (κ3) is 1.93. The molecule has 4 heteroatoms. The van der Waals surface area contributed by atoms with E-state index in [9.17, 15) is 5.26 Å². The van der Waals surface area contributed by atoms with E-state index in [0.29, 0.717) is 16.9 Å². The molecule has 0 saturated heterocycles. The van der Waals surface area contributed by atoms with Crippen molar-refractivity contribution in [2.24, 2.45) is 0 Å². The van der Waals surface area contributed by atoms with Gasteiger partial charge in [0.25, 0.3) is 0 Å². The topological polar surface area (TPSA) is 62.7 Å². The van der Waals surface area contributed by atoms with E-state index < -0.39 is 0 Å². The van der Waals surface area contributed by atoms with E-state index in [0.717, 1.165) is 21.7 Å². The molecule has 0 aliphatic heterocycles. The van der Waals surface area contributed by atoms with Gasteiger partial charge in [0.1, 0.15) is 6.07 Å². The van der Waals surface area contributed by atoms with Gasteiger partial charge in [-0.2, -0.15) is 5.26 Å². The minimum atomic E-state index is 0.531. The SMILES string of the molecule is Cc1nc(-c2ccccc2N)c(C#N)c(C)c1S. The molecule has 2 rings (SSSR count). The number of aryl methyl sites for hydroxylation is 1. The number of nitrogens with zero attached hydrogens (tertiary/aromatic N) is 2. The van der Waals surface area contributed by atoms with Crippen LogP contribution in [0.5, 0.6) is 0 Å². The fourth-order valence-corrected chi connectivity index (χ4v) is 2.05. The second-order valence-electron chi connectivity index (χ2n) is 4.09. The highest BCUT2D eigenvalue weighted by Crippen LogP contribution is 2.31. The Morgan fingerprint density at radius 3 is 2.56 bits per heavy atom. The summed E-state index contributed by atoms with van der Waals surface area (Å²) in [4.78, 5) is 5.21. The molecule has 1 aromatic carbocycles. The number of nitrogens with two attached hydrogens (primary N) is 1. The lowest BCUT2D eigenvalue weighted by molar-refractivity contribution is 1.08. The molecule has 90 valence electrons. The minimum absolute atomic E-state index is 0.531. The first kappa shape index (κ1) is 12.5. The van der Waals surface area contributed by atoms with E-state index in [2.05, 4.69) is 23.7 Å². The summed E-state index contributed by atoms with van der Waals surface area (Å²) in [5.41, 5.74) is 10.1. The van der Waals surface area contributed by atoms with Crippen molar-refractivity contribution in [1.29, 1.82) is 5.26 Å². The van der Waals surface area contributed by atoms with Gasteiger partial charge in [-0.25, -0.2) is 0 Å². The molecule has 0 fully saturated rings. The summed E-state index contributed by atoms with van der Waals surface area (Å²) < 4.78 is 0. The van der Waals surface area contributed by atoms with Crippen LogP contribution in [0, 0.1) is 25.2 Å². The molecule has 0 saturated carbocycles. The maximum absolute atomic E-state index is 9.30. The summed E-state index contributed by atoms with van der Waals surface area (Å²) in [7, 11) is 0. The van der Waals surface area contributed by atoms with Gasteiger partial charge in [0.2, 0.25) is 0 Å². The molecule has 1 aromatic heterocycles. The predicted molar refractivity (Wildman–Crippen MR) is 75.5 cm³/mol. The summed E-state index contributed by atoms with van der Waals surface area (Å²) >= 11 is 4.38. The van der Waals surface area contributed by atoms with Crippen molar-refractivity contribution in [3.63, 3.8) is 0 Å². The Balaban J connectivity index is 2.81. The van der Waals surface area contributed by atoms with E-state index in [-0.39, 0.29) is 0 Å². The minimum Gasteiger partial charge on any atom is -0.398 e. The van der Waals surface area contributed by atoms with Crippen LogP contribution in [0.1, 0.15) is 16.8 Å². The van der Waals surface area contributed by atoms with E-state index in [1.54, 1.807) is 6.07 Å². The molecular weight excluding hydrogens is 242 g/mol. The molecule has 2 N–H and O–H groups in total. The third-order valence-corrected chi connectivity index (χ3v) is 3.58. The van der Waals surface area contributed by atoms with Gasteiger partial charge in [-0.1, -0.05) is 18.2 Å². The molecule has 0 bridgehead atoms. The first-order valence-electron chi connectivity index (χ1n) is 5.51. The molecule has 0 unspecified atom stereocenters. The van der Waals surface area contributed by atoms with Crippen LogP contribution < -0.4 is 5.73 Å². The van der Waals surface area contributed by atoms with E-state index in [4.69, 9.17) is 5.73 Å². The number of rotatable bonds is 1. The average molecular weight is 255 g/mol. The quantitative estimate of drug-likeness (QED) is 0.608. The Bertz CT molecular complexity index is 657. The van der Waals surface area contributed by atoms with Gasteiger partial charge in [-0.15, -0.1) is 12.6 Å². The Hall–Kier alpha value is -1.99. The van der Waals surface area contributed by atoms with Crippen LogP contribution in [-0.4, -0.2) is 4.98 Å². The normalized spacial score (nSPS) is 10.1. The predicted octanol–water partition coefficient (Wildman–Crippen LogP) is 3.11. The van der Waals surface area contributed by atoms with Crippen LogP contribution in [0.3, 0.4) is 0 Å². The number of benzene rings is 1. The summed E-state index contributed by atoms with van der Waals surface area (Å²) in [6.45, 7) is 3.75. The Kier molecular flexibility index (Phi) is 3.26. The molecule has 0 aliphatic rings. The maximum Gasteiger partial charge on any atom is 0.102 e. The number of nitriles is 1. The maximum atomic E-state index is 9.30. The first-order chi connectivity index (χ1) is 8.56. The highest BCUT2D eigenvalue weighted by Gasteiger charge is 2.15. The van der Waals surface area contributed by atoms with E-state index in [1.165, 1.54) is 0 Å². The lowest BCUT2D eigenvalue weighted by Crippen LogP contribution is -2.00. The van der Waals surface area contributed by atoms with Gasteiger partial charge in [0, 0.05) is 16.1 Å². The fourth-order valence-electron chi connectivity index (χ4n) is 1.89.